The number of primary amides is 1. The lowest BCUT2D eigenvalue weighted by molar-refractivity contribution is 0.1000. The Morgan fingerprint density at radius 1 is 1.15 bits per heavy atom. The summed E-state index contributed by atoms with van der Waals surface area (Å²) < 4.78 is 2.35. The molecule has 3 N–H and O–H groups in total. The van der Waals surface area contributed by atoms with Crippen molar-refractivity contribution in [2.45, 2.75) is 51.0 Å². The Hall–Kier alpha value is -3.19. The second-order valence-corrected chi connectivity index (χ2v) is 9.96. The fourth-order valence-electron chi connectivity index (χ4n) is 6.08. The molecule has 2 aliphatic heterocycles. The lowest BCUT2D eigenvalue weighted by atomic mass is 9.93. The number of fused-ring (bicyclic) bond motifs is 2. The summed E-state index contributed by atoms with van der Waals surface area (Å²) in [6.45, 7) is 1.68. The number of imidazole rings is 1. The Labute approximate surface area is 199 Å². The van der Waals surface area contributed by atoms with E-state index in [1.807, 2.05) is 12.5 Å². The number of rotatable bonds is 5. The van der Waals surface area contributed by atoms with Crippen molar-refractivity contribution in [1.82, 2.24) is 9.55 Å². The number of amides is 1. The summed E-state index contributed by atoms with van der Waals surface area (Å²) in [6.07, 6.45) is 11.7. The molecule has 1 saturated carbocycles. The zero-order valence-corrected chi connectivity index (χ0v) is 19.4. The number of hydrogen-bond acceptors (Lipinski definition) is 5. The third kappa shape index (κ3) is 3.50. The fraction of sp³-hybridized carbons (Fsp3) is 0.444. The molecule has 0 bridgehead atoms. The maximum atomic E-state index is 12.5. The topological polar surface area (TPSA) is 96.7 Å². The van der Waals surface area contributed by atoms with Crippen LogP contribution in [0.25, 0.3) is 22.2 Å². The average molecular weight is 458 g/mol. The molecule has 3 aromatic rings. The first-order valence-electron chi connectivity index (χ1n) is 12.5. The number of nitrogens with two attached hydrogens (primary N) is 1. The highest BCUT2D eigenvalue weighted by Gasteiger charge is 2.30. The molecule has 1 amide bonds. The number of nitrogens with zero attached hydrogens (tertiary/aromatic N) is 4. The Bertz CT molecular complexity index is 1290. The summed E-state index contributed by atoms with van der Waals surface area (Å²) in [4.78, 5) is 24.1. The second kappa shape index (κ2) is 8.55. The Morgan fingerprint density at radius 3 is 2.76 bits per heavy atom. The van der Waals surface area contributed by atoms with Gasteiger partial charge in [0.25, 0.3) is 5.91 Å². The number of aliphatic imine (C=N–C) groups is 1. The number of aliphatic hydroxyl groups is 1. The minimum atomic E-state index is -0.419. The van der Waals surface area contributed by atoms with Crippen molar-refractivity contribution >= 4 is 34.5 Å². The first-order chi connectivity index (χ1) is 16.6. The van der Waals surface area contributed by atoms with Gasteiger partial charge >= 0.3 is 0 Å². The number of aromatic nitrogens is 2. The van der Waals surface area contributed by atoms with E-state index >= 15 is 0 Å². The fourth-order valence-corrected chi connectivity index (χ4v) is 6.08. The predicted octanol–water partition coefficient (Wildman–Crippen LogP) is 4.38. The maximum absolute atomic E-state index is 12.5. The number of aliphatic hydroxyl groups excluding tert-OH is 1. The zero-order chi connectivity index (χ0) is 23.2. The van der Waals surface area contributed by atoms with Gasteiger partial charge in [0.1, 0.15) is 0 Å². The van der Waals surface area contributed by atoms with Crippen LogP contribution in [0.15, 0.2) is 35.6 Å². The van der Waals surface area contributed by atoms with Crippen molar-refractivity contribution in [1.29, 1.82) is 0 Å². The van der Waals surface area contributed by atoms with E-state index in [0.717, 1.165) is 53.1 Å². The molecule has 0 unspecified atom stereocenters. The molecular formula is C27H31N5O2. The van der Waals surface area contributed by atoms with Crippen LogP contribution in [-0.4, -0.2) is 46.5 Å². The molecule has 176 valence electrons. The first kappa shape index (κ1) is 21.4. The average Bonchev–Trinajstić information content (AvgIpc) is 3.62. The molecule has 2 aromatic carbocycles. The van der Waals surface area contributed by atoms with Gasteiger partial charge in [-0.3, -0.25) is 9.79 Å². The monoisotopic (exact) mass is 457 g/mol. The molecule has 1 aliphatic carbocycles. The first-order valence-corrected chi connectivity index (χ1v) is 12.5. The van der Waals surface area contributed by atoms with Crippen molar-refractivity contribution < 1.29 is 9.90 Å². The minimum Gasteiger partial charge on any atom is -0.396 e. The van der Waals surface area contributed by atoms with Crippen molar-refractivity contribution in [3.8, 4) is 11.1 Å². The highest BCUT2D eigenvalue weighted by Crippen LogP contribution is 2.44. The summed E-state index contributed by atoms with van der Waals surface area (Å²) in [5.41, 5.74) is 13.3. The zero-order valence-electron chi connectivity index (χ0n) is 19.4. The van der Waals surface area contributed by atoms with Gasteiger partial charge in [0.2, 0.25) is 0 Å². The minimum absolute atomic E-state index is 0.156. The SMILES string of the molecule is NC(=O)c1c(N2CC[C@H](CO)C2)cc(-c2ccc3c(c2)ncn3C2CCCCC2)c2c1CC=N2. The van der Waals surface area contributed by atoms with E-state index in [2.05, 4.69) is 38.7 Å². The largest absolute Gasteiger partial charge is 0.396 e. The quantitative estimate of drug-likeness (QED) is 0.594. The van der Waals surface area contributed by atoms with E-state index in [9.17, 15) is 9.90 Å². The van der Waals surface area contributed by atoms with E-state index in [-0.39, 0.29) is 12.5 Å². The van der Waals surface area contributed by atoms with Crippen molar-refractivity contribution in [3.05, 3.63) is 41.7 Å². The summed E-state index contributed by atoms with van der Waals surface area (Å²) >= 11 is 0. The van der Waals surface area contributed by atoms with Crippen LogP contribution in [0.1, 0.15) is 60.5 Å². The number of anilines is 1. The van der Waals surface area contributed by atoms with E-state index in [4.69, 9.17) is 10.7 Å². The number of carbonyl (C=O) groups excluding carboxylic acids is 1. The summed E-state index contributed by atoms with van der Waals surface area (Å²) in [7, 11) is 0. The normalized spacial score (nSPS) is 20.4. The van der Waals surface area contributed by atoms with Gasteiger partial charge in [-0.05, 0) is 48.6 Å². The smallest absolute Gasteiger partial charge is 0.251 e. The standard InChI is InChI=1S/C27H31N5O2/c28-27(34)25-20-8-10-29-26(20)21(13-24(25)31-11-9-17(14-31)15-33)18-6-7-23-22(12-18)30-16-32(23)19-4-2-1-3-5-19/h6-7,10,12-13,16-17,19,33H,1-5,8-9,11,14-15H2,(H2,28,34)/t17-/m0/s1. The van der Waals surface area contributed by atoms with E-state index in [0.29, 0.717) is 18.0 Å². The van der Waals surface area contributed by atoms with Gasteiger partial charge in [-0.15, -0.1) is 0 Å². The van der Waals surface area contributed by atoms with Crippen LogP contribution in [0.5, 0.6) is 0 Å². The molecule has 1 saturated heterocycles. The third-order valence-electron chi connectivity index (χ3n) is 7.88. The molecule has 3 aliphatic rings. The van der Waals surface area contributed by atoms with Gasteiger partial charge < -0.3 is 20.3 Å². The summed E-state index contributed by atoms with van der Waals surface area (Å²) in [6, 6.07) is 9.08. The van der Waals surface area contributed by atoms with Gasteiger partial charge in [-0.25, -0.2) is 4.98 Å². The van der Waals surface area contributed by atoms with Crippen LogP contribution in [-0.2, 0) is 6.42 Å². The maximum Gasteiger partial charge on any atom is 0.251 e. The van der Waals surface area contributed by atoms with Crippen LogP contribution >= 0.6 is 0 Å². The Balaban J connectivity index is 1.45. The van der Waals surface area contributed by atoms with E-state index in [1.54, 1.807) is 0 Å². The molecule has 1 atom stereocenters. The molecular weight excluding hydrogens is 426 g/mol. The van der Waals surface area contributed by atoms with Gasteiger partial charge in [-0.2, -0.15) is 0 Å². The van der Waals surface area contributed by atoms with E-state index < -0.39 is 5.91 Å². The Kier molecular flexibility index (Phi) is 5.37. The van der Waals surface area contributed by atoms with Gasteiger partial charge in [0.15, 0.2) is 0 Å². The van der Waals surface area contributed by atoms with E-state index in [1.165, 1.54) is 37.6 Å². The predicted molar refractivity (Wildman–Crippen MR) is 135 cm³/mol. The van der Waals surface area contributed by atoms with Crippen molar-refractivity contribution in [3.63, 3.8) is 0 Å². The molecule has 2 fully saturated rings. The van der Waals surface area contributed by atoms with Crippen LogP contribution in [0.4, 0.5) is 11.4 Å². The Morgan fingerprint density at radius 2 is 2.00 bits per heavy atom. The van der Waals surface area contributed by atoms with Crippen LogP contribution in [0.3, 0.4) is 0 Å². The lowest BCUT2D eigenvalue weighted by Gasteiger charge is -2.25. The number of hydrogen-bond donors (Lipinski definition) is 2. The van der Waals surface area contributed by atoms with Crippen LogP contribution in [0, 0.1) is 5.92 Å². The molecule has 1 aromatic heterocycles. The summed E-state index contributed by atoms with van der Waals surface area (Å²) in [5.74, 6) is -0.203. The second-order valence-electron chi connectivity index (χ2n) is 9.96. The number of benzene rings is 2. The molecule has 7 heteroatoms. The molecule has 6 rings (SSSR count). The molecule has 0 spiro atoms. The van der Waals surface area contributed by atoms with Gasteiger partial charge in [0, 0.05) is 49.9 Å². The highest BCUT2D eigenvalue weighted by atomic mass is 16.3. The molecule has 34 heavy (non-hydrogen) atoms. The van der Waals surface area contributed by atoms with Gasteiger partial charge in [-0.1, -0.05) is 25.3 Å². The van der Waals surface area contributed by atoms with Crippen LogP contribution < -0.4 is 10.6 Å². The molecule has 7 nitrogen and oxygen atoms in total. The van der Waals surface area contributed by atoms with Crippen molar-refractivity contribution in [2.75, 3.05) is 24.6 Å². The van der Waals surface area contributed by atoms with Gasteiger partial charge in [0.05, 0.1) is 34.3 Å². The molecule has 0 radical (unpaired) electrons. The summed E-state index contributed by atoms with van der Waals surface area (Å²) in [5, 5.41) is 9.65. The molecule has 3 heterocycles. The third-order valence-corrected chi connectivity index (χ3v) is 7.88. The van der Waals surface area contributed by atoms with Crippen molar-refractivity contribution in [2.24, 2.45) is 16.6 Å². The highest BCUT2D eigenvalue weighted by molar-refractivity contribution is 6.06. The lowest BCUT2D eigenvalue weighted by Crippen LogP contribution is -2.26. The van der Waals surface area contributed by atoms with Crippen LogP contribution in [0.2, 0.25) is 0 Å². The number of carbonyl (C=O) groups is 1.